The lowest BCUT2D eigenvalue weighted by molar-refractivity contribution is 0.731. The molecule has 0 bridgehead atoms. The maximum atomic E-state index is 6.02. The van der Waals surface area contributed by atoms with Gasteiger partial charge in [-0.25, -0.2) is 0 Å². The van der Waals surface area contributed by atoms with Gasteiger partial charge in [-0.3, -0.25) is 4.68 Å². The number of rotatable bonds is 3. The molecule has 94 valence electrons. The SMILES string of the molecule is Cn1ccc(CNC(=S)Nc2ccccc2Cl)n1. The minimum absolute atomic E-state index is 0.522. The molecule has 0 amide bonds. The standard InChI is InChI=1S/C12H13ClN4S/c1-17-7-6-9(16-17)8-14-12(18)15-11-5-3-2-4-10(11)13/h2-7H,8H2,1H3,(H2,14,15,18). The van der Waals surface area contributed by atoms with Crippen molar-refractivity contribution in [1.29, 1.82) is 0 Å². The van der Waals surface area contributed by atoms with Crippen LogP contribution in [0.25, 0.3) is 0 Å². The van der Waals surface area contributed by atoms with Gasteiger partial charge in [0.2, 0.25) is 0 Å². The smallest absolute Gasteiger partial charge is 0.171 e. The average Bonchev–Trinajstić information content (AvgIpc) is 2.76. The Morgan fingerprint density at radius 2 is 2.17 bits per heavy atom. The van der Waals surface area contributed by atoms with E-state index in [4.69, 9.17) is 23.8 Å². The third-order valence-corrected chi connectivity index (χ3v) is 2.90. The van der Waals surface area contributed by atoms with E-state index in [2.05, 4.69) is 15.7 Å². The van der Waals surface area contributed by atoms with Crippen LogP contribution >= 0.6 is 23.8 Å². The lowest BCUT2D eigenvalue weighted by Gasteiger charge is -2.10. The summed E-state index contributed by atoms with van der Waals surface area (Å²) in [6.45, 7) is 0.580. The topological polar surface area (TPSA) is 41.9 Å². The molecule has 0 aliphatic rings. The van der Waals surface area contributed by atoms with E-state index >= 15 is 0 Å². The van der Waals surface area contributed by atoms with Crippen molar-refractivity contribution in [2.75, 3.05) is 5.32 Å². The van der Waals surface area contributed by atoms with Crippen molar-refractivity contribution in [3.05, 3.63) is 47.2 Å². The molecule has 0 saturated heterocycles. The number of thiocarbonyl (C=S) groups is 1. The molecule has 2 aromatic rings. The largest absolute Gasteiger partial charge is 0.357 e. The van der Waals surface area contributed by atoms with E-state index in [1.54, 1.807) is 4.68 Å². The van der Waals surface area contributed by atoms with Gasteiger partial charge in [0.15, 0.2) is 5.11 Å². The van der Waals surface area contributed by atoms with Gasteiger partial charge in [0.25, 0.3) is 0 Å². The van der Waals surface area contributed by atoms with Crippen molar-refractivity contribution in [2.45, 2.75) is 6.54 Å². The van der Waals surface area contributed by atoms with E-state index < -0.39 is 0 Å². The fraction of sp³-hybridized carbons (Fsp3) is 0.167. The zero-order valence-corrected chi connectivity index (χ0v) is 11.4. The number of nitrogens with one attached hydrogen (secondary N) is 2. The first kappa shape index (κ1) is 12.9. The molecule has 18 heavy (non-hydrogen) atoms. The van der Waals surface area contributed by atoms with Crippen LogP contribution in [0.2, 0.25) is 5.02 Å². The Morgan fingerprint density at radius 3 is 2.83 bits per heavy atom. The summed E-state index contributed by atoms with van der Waals surface area (Å²) in [6.07, 6.45) is 1.89. The first-order chi connectivity index (χ1) is 8.65. The van der Waals surface area contributed by atoms with Gasteiger partial charge in [-0.1, -0.05) is 23.7 Å². The Balaban J connectivity index is 1.88. The van der Waals surface area contributed by atoms with E-state index in [1.165, 1.54) is 0 Å². The molecule has 2 N–H and O–H groups in total. The molecule has 0 saturated carbocycles. The normalized spacial score (nSPS) is 10.1. The van der Waals surface area contributed by atoms with Crippen LogP contribution in [-0.2, 0) is 13.6 Å². The number of hydrogen-bond donors (Lipinski definition) is 2. The molecule has 2 rings (SSSR count). The summed E-state index contributed by atoms with van der Waals surface area (Å²) in [5.41, 5.74) is 1.72. The second kappa shape index (κ2) is 5.84. The van der Waals surface area contributed by atoms with Gasteiger partial charge in [-0.15, -0.1) is 0 Å². The second-order valence-electron chi connectivity index (χ2n) is 3.77. The molecule has 1 aromatic heterocycles. The number of aryl methyl sites for hydroxylation is 1. The Kier molecular flexibility index (Phi) is 4.17. The molecular formula is C12H13ClN4S. The summed E-state index contributed by atoms with van der Waals surface area (Å²) in [5.74, 6) is 0. The summed E-state index contributed by atoms with van der Waals surface area (Å²) in [7, 11) is 1.88. The lowest BCUT2D eigenvalue weighted by Crippen LogP contribution is -2.28. The molecule has 0 unspecified atom stereocenters. The van der Waals surface area contributed by atoms with Gasteiger partial charge in [-0.2, -0.15) is 5.10 Å². The van der Waals surface area contributed by atoms with Gasteiger partial charge < -0.3 is 10.6 Å². The number of aromatic nitrogens is 2. The van der Waals surface area contributed by atoms with Crippen LogP contribution in [0.1, 0.15) is 5.69 Å². The van der Waals surface area contributed by atoms with Crippen molar-refractivity contribution in [2.24, 2.45) is 7.05 Å². The number of hydrogen-bond acceptors (Lipinski definition) is 2. The zero-order valence-electron chi connectivity index (χ0n) is 9.85. The Bertz CT molecular complexity index is 553. The molecule has 1 aromatic carbocycles. The van der Waals surface area contributed by atoms with Crippen LogP contribution < -0.4 is 10.6 Å². The summed E-state index contributed by atoms with van der Waals surface area (Å²) >= 11 is 11.2. The fourth-order valence-electron chi connectivity index (χ4n) is 1.46. The number of anilines is 1. The van der Waals surface area contributed by atoms with E-state index in [0.717, 1.165) is 11.4 Å². The highest BCUT2D eigenvalue weighted by atomic mass is 35.5. The minimum Gasteiger partial charge on any atom is -0.357 e. The van der Waals surface area contributed by atoms with Gasteiger partial charge in [0.05, 0.1) is 22.9 Å². The highest BCUT2D eigenvalue weighted by Gasteiger charge is 2.02. The molecule has 0 spiro atoms. The predicted octanol–water partition coefficient (Wildman–Crippen LogP) is 2.56. The van der Waals surface area contributed by atoms with Gasteiger partial charge in [-0.05, 0) is 30.4 Å². The van der Waals surface area contributed by atoms with Gasteiger partial charge in [0, 0.05) is 13.2 Å². The Labute approximate surface area is 116 Å². The molecule has 1 heterocycles. The van der Waals surface area contributed by atoms with Crippen molar-refractivity contribution in [3.63, 3.8) is 0 Å². The van der Waals surface area contributed by atoms with Crippen LogP contribution in [0.4, 0.5) is 5.69 Å². The molecule has 0 atom stereocenters. The minimum atomic E-state index is 0.522. The Morgan fingerprint density at radius 1 is 1.39 bits per heavy atom. The first-order valence-electron chi connectivity index (χ1n) is 5.43. The molecule has 4 nitrogen and oxygen atoms in total. The number of benzene rings is 1. The quantitative estimate of drug-likeness (QED) is 0.848. The summed E-state index contributed by atoms with van der Waals surface area (Å²) in [6, 6.07) is 9.39. The van der Waals surface area contributed by atoms with Crippen LogP contribution in [0.5, 0.6) is 0 Å². The van der Waals surface area contributed by atoms with E-state index in [9.17, 15) is 0 Å². The van der Waals surface area contributed by atoms with Crippen molar-refractivity contribution in [3.8, 4) is 0 Å². The van der Waals surface area contributed by atoms with E-state index in [0.29, 0.717) is 16.7 Å². The zero-order chi connectivity index (χ0) is 13.0. The van der Waals surface area contributed by atoms with Crippen LogP contribution in [0.15, 0.2) is 36.5 Å². The molecule has 0 radical (unpaired) electrons. The highest BCUT2D eigenvalue weighted by molar-refractivity contribution is 7.80. The third kappa shape index (κ3) is 3.45. The van der Waals surface area contributed by atoms with Gasteiger partial charge >= 0.3 is 0 Å². The highest BCUT2D eigenvalue weighted by Crippen LogP contribution is 2.20. The lowest BCUT2D eigenvalue weighted by atomic mass is 10.3. The monoisotopic (exact) mass is 280 g/mol. The number of para-hydroxylation sites is 1. The van der Waals surface area contributed by atoms with Crippen LogP contribution in [-0.4, -0.2) is 14.9 Å². The molecule has 0 aliphatic carbocycles. The maximum Gasteiger partial charge on any atom is 0.171 e. The predicted molar refractivity (Wildman–Crippen MR) is 77.7 cm³/mol. The fourth-order valence-corrected chi connectivity index (χ4v) is 1.82. The molecule has 6 heteroatoms. The van der Waals surface area contributed by atoms with Crippen molar-refractivity contribution >= 4 is 34.6 Å². The molecule has 0 fully saturated rings. The van der Waals surface area contributed by atoms with Crippen molar-refractivity contribution in [1.82, 2.24) is 15.1 Å². The van der Waals surface area contributed by atoms with Crippen LogP contribution in [0.3, 0.4) is 0 Å². The third-order valence-electron chi connectivity index (χ3n) is 2.32. The second-order valence-corrected chi connectivity index (χ2v) is 4.58. The summed E-state index contributed by atoms with van der Waals surface area (Å²) in [5, 5.41) is 11.5. The number of halogens is 1. The van der Waals surface area contributed by atoms with E-state index in [-0.39, 0.29) is 0 Å². The summed E-state index contributed by atoms with van der Waals surface area (Å²) < 4.78 is 1.75. The Hall–Kier alpha value is -1.59. The average molecular weight is 281 g/mol. The van der Waals surface area contributed by atoms with Crippen LogP contribution in [0, 0.1) is 0 Å². The number of nitrogens with zero attached hydrogens (tertiary/aromatic N) is 2. The maximum absolute atomic E-state index is 6.02. The van der Waals surface area contributed by atoms with Crippen molar-refractivity contribution < 1.29 is 0 Å². The molecular weight excluding hydrogens is 268 g/mol. The molecule has 0 aliphatic heterocycles. The van der Waals surface area contributed by atoms with Gasteiger partial charge in [0.1, 0.15) is 0 Å². The first-order valence-corrected chi connectivity index (χ1v) is 6.21. The van der Waals surface area contributed by atoms with E-state index in [1.807, 2.05) is 43.6 Å². The summed E-state index contributed by atoms with van der Waals surface area (Å²) in [4.78, 5) is 0.